The first kappa shape index (κ1) is 16.0. The molecule has 0 saturated carbocycles. The van der Waals surface area contributed by atoms with E-state index >= 15 is 0 Å². The minimum Gasteiger partial charge on any atom is -0.598 e. The SMILES string of the molecule is Cc1cc(Br)c(F)cc1[C@@H](C)N[S+]([O-])C(C)(C)C. The predicted octanol–water partition coefficient (Wildman–Crippen LogP) is 4.01. The molecule has 0 aliphatic rings. The van der Waals surface area contributed by atoms with E-state index in [0.717, 1.165) is 11.1 Å². The second kappa shape index (κ2) is 5.90. The third kappa shape index (κ3) is 3.95. The highest BCUT2D eigenvalue weighted by Crippen LogP contribution is 2.26. The first-order chi connectivity index (χ1) is 8.12. The molecule has 0 spiro atoms. The number of halogens is 2. The summed E-state index contributed by atoms with van der Waals surface area (Å²) in [5.41, 5.74) is 1.79. The van der Waals surface area contributed by atoms with E-state index in [9.17, 15) is 8.94 Å². The molecule has 2 nitrogen and oxygen atoms in total. The first-order valence-corrected chi connectivity index (χ1v) is 7.71. The predicted molar refractivity (Wildman–Crippen MR) is 78.3 cm³/mol. The van der Waals surface area contributed by atoms with E-state index in [4.69, 9.17) is 0 Å². The monoisotopic (exact) mass is 335 g/mol. The van der Waals surface area contributed by atoms with Gasteiger partial charge in [0.25, 0.3) is 0 Å². The molecule has 0 aromatic heterocycles. The molecule has 1 rings (SSSR count). The van der Waals surface area contributed by atoms with E-state index in [-0.39, 0.29) is 16.6 Å². The Morgan fingerprint density at radius 1 is 1.39 bits per heavy atom. The molecule has 5 heteroatoms. The van der Waals surface area contributed by atoms with Crippen molar-refractivity contribution in [3.8, 4) is 0 Å². The zero-order valence-corrected chi connectivity index (χ0v) is 13.7. The molecule has 1 unspecified atom stereocenters. The van der Waals surface area contributed by atoms with Crippen molar-refractivity contribution in [1.82, 2.24) is 4.72 Å². The summed E-state index contributed by atoms with van der Waals surface area (Å²) in [4.78, 5) is 0. The lowest BCUT2D eigenvalue weighted by molar-refractivity contribution is 0.529. The summed E-state index contributed by atoms with van der Waals surface area (Å²) in [6.45, 7) is 9.50. The largest absolute Gasteiger partial charge is 0.598 e. The van der Waals surface area contributed by atoms with E-state index in [1.54, 1.807) is 6.07 Å². The van der Waals surface area contributed by atoms with E-state index in [1.165, 1.54) is 6.07 Å². The van der Waals surface area contributed by atoms with Gasteiger partial charge in [-0.2, -0.15) is 0 Å². The van der Waals surface area contributed by atoms with Crippen LogP contribution in [0.4, 0.5) is 4.39 Å². The average molecular weight is 336 g/mol. The smallest absolute Gasteiger partial charge is 0.137 e. The van der Waals surface area contributed by atoms with Crippen LogP contribution in [0.25, 0.3) is 0 Å². The molecule has 102 valence electrons. The molecule has 0 amide bonds. The summed E-state index contributed by atoms with van der Waals surface area (Å²) in [5.74, 6) is -0.300. The molecule has 0 radical (unpaired) electrons. The Bertz CT molecular complexity index is 434. The van der Waals surface area contributed by atoms with E-state index in [1.807, 2.05) is 34.6 Å². The van der Waals surface area contributed by atoms with Gasteiger partial charge in [0.1, 0.15) is 10.6 Å². The van der Waals surface area contributed by atoms with Gasteiger partial charge in [0.2, 0.25) is 0 Å². The third-order valence-electron chi connectivity index (χ3n) is 2.62. The number of nitrogens with one attached hydrogen (secondary N) is 1. The summed E-state index contributed by atoms with van der Waals surface area (Å²) >= 11 is 1.98. The van der Waals surface area contributed by atoms with Crippen LogP contribution in [0.5, 0.6) is 0 Å². The molecule has 2 atom stereocenters. The van der Waals surface area contributed by atoms with Crippen LogP contribution in [0.3, 0.4) is 0 Å². The van der Waals surface area contributed by atoms with Gasteiger partial charge in [-0.1, -0.05) is 0 Å². The van der Waals surface area contributed by atoms with Crippen LogP contribution in [0, 0.1) is 12.7 Å². The molecule has 0 fully saturated rings. The Hall–Kier alpha value is -0.100. The molecular weight excluding hydrogens is 317 g/mol. The van der Waals surface area contributed by atoms with Gasteiger partial charge in [0.15, 0.2) is 0 Å². The Morgan fingerprint density at radius 2 is 1.94 bits per heavy atom. The summed E-state index contributed by atoms with van der Waals surface area (Å²) in [6.07, 6.45) is 0. The third-order valence-corrected chi connectivity index (χ3v) is 4.90. The number of rotatable bonds is 3. The maximum absolute atomic E-state index is 13.5. The highest BCUT2D eigenvalue weighted by molar-refractivity contribution is 9.10. The summed E-state index contributed by atoms with van der Waals surface area (Å²) in [7, 11) is 0. The molecule has 1 aromatic rings. The minimum atomic E-state index is -1.17. The van der Waals surface area contributed by atoms with Crippen molar-refractivity contribution in [3.05, 3.63) is 33.5 Å². The molecule has 18 heavy (non-hydrogen) atoms. The topological polar surface area (TPSA) is 35.1 Å². The molecule has 0 bridgehead atoms. The van der Waals surface area contributed by atoms with Gasteiger partial charge in [0.05, 0.1) is 10.5 Å². The van der Waals surface area contributed by atoms with Crippen molar-refractivity contribution >= 4 is 27.3 Å². The Labute approximate surface area is 120 Å². The van der Waals surface area contributed by atoms with Crippen LogP contribution in [-0.2, 0) is 11.4 Å². The molecule has 1 N–H and O–H groups in total. The van der Waals surface area contributed by atoms with E-state index < -0.39 is 11.4 Å². The molecule has 1 aromatic carbocycles. The lowest BCUT2D eigenvalue weighted by Crippen LogP contribution is -2.40. The second-order valence-corrected chi connectivity index (χ2v) is 8.20. The highest BCUT2D eigenvalue weighted by atomic mass is 79.9. The lowest BCUT2D eigenvalue weighted by Gasteiger charge is -2.27. The Kier molecular flexibility index (Phi) is 5.23. The zero-order valence-electron chi connectivity index (χ0n) is 11.3. The van der Waals surface area contributed by atoms with Crippen molar-refractivity contribution in [2.45, 2.75) is 45.4 Å². The van der Waals surface area contributed by atoms with Crippen LogP contribution in [0.15, 0.2) is 16.6 Å². The first-order valence-electron chi connectivity index (χ1n) is 5.76. The second-order valence-electron chi connectivity index (χ2n) is 5.34. The van der Waals surface area contributed by atoms with Gasteiger partial charge in [-0.3, -0.25) is 0 Å². The van der Waals surface area contributed by atoms with Crippen LogP contribution < -0.4 is 4.72 Å². The molecule has 0 heterocycles. The van der Waals surface area contributed by atoms with Gasteiger partial charge in [-0.05, 0) is 73.8 Å². The minimum absolute atomic E-state index is 0.160. The quantitative estimate of drug-likeness (QED) is 0.847. The molecular formula is C13H19BrFNOS. The lowest BCUT2D eigenvalue weighted by atomic mass is 10.0. The van der Waals surface area contributed by atoms with Crippen molar-refractivity contribution in [1.29, 1.82) is 0 Å². The fraction of sp³-hybridized carbons (Fsp3) is 0.538. The van der Waals surface area contributed by atoms with Crippen LogP contribution >= 0.6 is 15.9 Å². The summed E-state index contributed by atoms with van der Waals surface area (Å²) in [6, 6.07) is 3.06. The number of benzene rings is 1. The van der Waals surface area contributed by atoms with Gasteiger partial charge >= 0.3 is 0 Å². The molecule has 0 saturated heterocycles. The summed E-state index contributed by atoms with van der Waals surface area (Å²) < 4.78 is 28.7. The van der Waals surface area contributed by atoms with Crippen molar-refractivity contribution in [2.75, 3.05) is 0 Å². The summed E-state index contributed by atoms with van der Waals surface area (Å²) in [5, 5.41) is 0. The number of hydrogen-bond acceptors (Lipinski definition) is 2. The van der Waals surface area contributed by atoms with Gasteiger partial charge in [-0.25, -0.2) is 4.39 Å². The molecule has 0 aliphatic carbocycles. The normalized spacial score (nSPS) is 15.6. The number of hydrogen-bond donors (Lipinski definition) is 1. The fourth-order valence-electron chi connectivity index (χ4n) is 1.53. The van der Waals surface area contributed by atoms with E-state index in [0.29, 0.717) is 4.47 Å². The van der Waals surface area contributed by atoms with Crippen molar-refractivity contribution < 1.29 is 8.94 Å². The average Bonchev–Trinajstić information content (AvgIpc) is 2.21. The van der Waals surface area contributed by atoms with Crippen LogP contribution in [0.1, 0.15) is 44.9 Å². The van der Waals surface area contributed by atoms with Gasteiger partial charge in [0, 0.05) is 11.4 Å². The maximum atomic E-state index is 13.5. The Balaban J connectivity index is 2.91. The van der Waals surface area contributed by atoms with Gasteiger partial charge in [-0.15, -0.1) is 4.72 Å². The van der Waals surface area contributed by atoms with Gasteiger partial charge < -0.3 is 4.55 Å². The highest BCUT2D eigenvalue weighted by Gasteiger charge is 2.28. The van der Waals surface area contributed by atoms with E-state index in [2.05, 4.69) is 20.7 Å². The van der Waals surface area contributed by atoms with Crippen molar-refractivity contribution in [2.24, 2.45) is 0 Å². The Morgan fingerprint density at radius 3 is 2.44 bits per heavy atom. The van der Waals surface area contributed by atoms with Crippen molar-refractivity contribution in [3.63, 3.8) is 0 Å². The standard InChI is InChI=1S/C13H19BrFNOS/c1-8-6-11(14)12(15)7-10(8)9(2)16-18(17)13(3,4)5/h6-7,9,16H,1-5H3/t9-,18?/m1/s1. The number of aryl methyl sites for hydroxylation is 1. The maximum Gasteiger partial charge on any atom is 0.137 e. The fourth-order valence-corrected chi connectivity index (χ4v) is 2.79. The van der Waals surface area contributed by atoms with Crippen LogP contribution in [0.2, 0.25) is 0 Å². The zero-order chi connectivity index (χ0) is 14.1. The van der Waals surface area contributed by atoms with Crippen LogP contribution in [-0.4, -0.2) is 9.30 Å². The molecule has 0 aliphatic heterocycles.